The number of halogens is 3. The number of amides is 1. The molecule has 4 N–H and O–H groups in total. The Bertz CT molecular complexity index is 483. The fraction of sp³-hybridized carbons (Fsp3) is 0.308. The monoisotopic (exact) mass is 287 g/mol. The van der Waals surface area contributed by atoms with Crippen LogP contribution in [0.5, 0.6) is 0 Å². The molecule has 0 unspecified atom stereocenters. The molecule has 0 aliphatic rings. The van der Waals surface area contributed by atoms with E-state index >= 15 is 0 Å². The molecular formula is C13H16F3N3O. The van der Waals surface area contributed by atoms with E-state index in [1.54, 1.807) is 30.3 Å². The summed E-state index contributed by atoms with van der Waals surface area (Å²) in [6, 6.07) is 8.52. The Morgan fingerprint density at radius 3 is 2.35 bits per heavy atom. The second kappa shape index (κ2) is 6.83. The lowest BCUT2D eigenvalue weighted by Gasteiger charge is -2.13. The van der Waals surface area contributed by atoms with Crippen molar-refractivity contribution >= 4 is 11.6 Å². The average molecular weight is 287 g/mol. The van der Waals surface area contributed by atoms with Crippen LogP contribution in [0.1, 0.15) is 12.8 Å². The lowest BCUT2D eigenvalue weighted by molar-refractivity contribution is -0.134. The van der Waals surface area contributed by atoms with Gasteiger partial charge in [-0.3, -0.25) is 4.79 Å². The van der Waals surface area contributed by atoms with Crippen molar-refractivity contribution in [2.75, 3.05) is 12.4 Å². The largest absolute Gasteiger partial charge is 0.393 e. The highest BCUT2D eigenvalue weighted by atomic mass is 19.4. The lowest BCUT2D eigenvalue weighted by atomic mass is 10.2. The van der Waals surface area contributed by atoms with Gasteiger partial charge in [-0.25, -0.2) is 0 Å². The van der Waals surface area contributed by atoms with Crippen molar-refractivity contribution in [2.45, 2.75) is 19.0 Å². The number of nitrogens with two attached hydrogens (primary N) is 1. The van der Waals surface area contributed by atoms with Crippen LogP contribution >= 0.6 is 0 Å². The van der Waals surface area contributed by atoms with Crippen LogP contribution in [-0.2, 0) is 4.79 Å². The highest BCUT2D eigenvalue weighted by Crippen LogP contribution is 2.23. The summed E-state index contributed by atoms with van der Waals surface area (Å²) in [4.78, 5) is 11.8. The standard InChI is InChI=1S/C13H16F3N3O/c1-18-10(7-8-13(14,15)16)11(17)12(20)19-9-5-3-2-4-6-9/h2-6,18H,7-8,17H2,1H3,(H,19,20)/b11-10+. The molecule has 4 nitrogen and oxygen atoms in total. The van der Waals surface area contributed by atoms with E-state index in [0.717, 1.165) is 0 Å². The smallest absolute Gasteiger partial charge is 0.389 e. The summed E-state index contributed by atoms with van der Waals surface area (Å²) in [5.74, 6) is -0.636. The molecule has 0 heterocycles. The Balaban J connectivity index is 2.75. The highest BCUT2D eigenvalue weighted by molar-refractivity contribution is 6.03. The number of benzene rings is 1. The van der Waals surface area contributed by atoms with Gasteiger partial charge in [0.1, 0.15) is 5.70 Å². The molecule has 7 heteroatoms. The van der Waals surface area contributed by atoms with Crippen molar-refractivity contribution in [3.8, 4) is 0 Å². The maximum Gasteiger partial charge on any atom is 0.389 e. The molecule has 0 saturated carbocycles. The zero-order valence-corrected chi connectivity index (χ0v) is 10.9. The quantitative estimate of drug-likeness (QED) is 0.728. The number of hydrogen-bond acceptors (Lipinski definition) is 3. The van der Waals surface area contributed by atoms with Crippen LogP contribution in [0.3, 0.4) is 0 Å². The van der Waals surface area contributed by atoms with Crippen molar-refractivity contribution in [2.24, 2.45) is 5.73 Å². The molecule has 0 aromatic heterocycles. The van der Waals surface area contributed by atoms with Crippen LogP contribution in [0.15, 0.2) is 41.7 Å². The summed E-state index contributed by atoms with van der Waals surface area (Å²) in [6.07, 6.45) is -5.70. The minimum absolute atomic E-state index is 0.0655. The van der Waals surface area contributed by atoms with Crippen molar-refractivity contribution in [1.82, 2.24) is 5.32 Å². The molecule has 1 rings (SSSR count). The summed E-state index contributed by atoms with van der Waals surface area (Å²) in [6.45, 7) is 0. The van der Waals surface area contributed by atoms with E-state index in [0.29, 0.717) is 5.69 Å². The Kier molecular flexibility index (Phi) is 5.42. The van der Waals surface area contributed by atoms with Crippen LogP contribution in [-0.4, -0.2) is 19.1 Å². The van der Waals surface area contributed by atoms with Gasteiger partial charge in [0.15, 0.2) is 0 Å². The maximum atomic E-state index is 12.2. The number of rotatable bonds is 5. The fourth-order valence-corrected chi connectivity index (χ4v) is 1.52. The minimum atomic E-state index is -4.29. The second-order valence-corrected chi connectivity index (χ2v) is 4.08. The van der Waals surface area contributed by atoms with Crippen molar-refractivity contribution in [3.63, 3.8) is 0 Å². The van der Waals surface area contributed by atoms with Crippen LogP contribution in [0.2, 0.25) is 0 Å². The summed E-state index contributed by atoms with van der Waals surface area (Å²) in [5, 5.41) is 5.05. The van der Waals surface area contributed by atoms with Crippen LogP contribution in [0.4, 0.5) is 18.9 Å². The van der Waals surface area contributed by atoms with E-state index in [2.05, 4.69) is 10.6 Å². The molecule has 1 aromatic carbocycles. The zero-order valence-electron chi connectivity index (χ0n) is 10.9. The molecule has 0 spiro atoms. The van der Waals surface area contributed by atoms with Gasteiger partial charge in [0.05, 0.1) is 0 Å². The van der Waals surface area contributed by atoms with Gasteiger partial charge in [-0.05, 0) is 18.6 Å². The second-order valence-electron chi connectivity index (χ2n) is 4.08. The predicted octanol–water partition coefficient (Wildman–Crippen LogP) is 2.36. The highest BCUT2D eigenvalue weighted by Gasteiger charge is 2.27. The van der Waals surface area contributed by atoms with Gasteiger partial charge >= 0.3 is 6.18 Å². The number of hydrogen-bond donors (Lipinski definition) is 3. The van der Waals surface area contributed by atoms with E-state index in [-0.39, 0.29) is 17.8 Å². The van der Waals surface area contributed by atoms with Crippen molar-refractivity contribution in [1.29, 1.82) is 0 Å². The molecule has 1 aromatic rings. The number of carbonyl (C=O) groups is 1. The molecule has 0 atom stereocenters. The van der Waals surface area contributed by atoms with Gasteiger partial charge in [-0.15, -0.1) is 0 Å². The van der Waals surface area contributed by atoms with E-state index in [9.17, 15) is 18.0 Å². The first kappa shape index (κ1) is 15.9. The molecule has 110 valence electrons. The van der Waals surface area contributed by atoms with Crippen LogP contribution in [0.25, 0.3) is 0 Å². The topological polar surface area (TPSA) is 67.1 Å². The first-order valence-electron chi connectivity index (χ1n) is 5.93. The number of anilines is 1. The van der Waals surface area contributed by atoms with Gasteiger partial charge in [0, 0.05) is 24.9 Å². The molecule has 20 heavy (non-hydrogen) atoms. The molecule has 0 fully saturated rings. The third-order valence-corrected chi connectivity index (χ3v) is 2.56. The summed E-state index contributed by atoms with van der Waals surface area (Å²) in [5.41, 5.74) is 5.92. The first-order chi connectivity index (χ1) is 9.33. The predicted molar refractivity (Wildman–Crippen MR) is 70.6 cm³/mol. The molecule has 0 aliphatic carbocycles. The van der Waals surface area contributed by atoms with E-state index in [1.165, 1.54) is 7.05 Å². The fourth-order valence-electron chi connectivity index (χ4n) is 1.52. The van der Waals surface area contributed by atoms with Crippen LogP contribution < -0.4 is 16.4 Å². The van der Waals surface area contributed by atoms with Gasteiger partial charge < -0.3 is 16.4 Å². The number of allylic oxidation sites excluding steroid dienone is 1. The molecule has 1 amide bonds. The Morgan fingerprint density at radius 2 is 1.85 bits per heavy atom. The van der Waals surface area contributed by atoms with Crippen LogP contribution in [0, 0.1) is 0 Å². The summed E-state index contributed by atoms with van der Waals surface area (Å²) >= 11 is 0. The summed E-state index contributed by atoms with van der Waals surface area (Å²) < 4.78 is 36.5. The molecular weight excluding hydrogens is 271 g/mol. The van der Waals surface area contributed by atoms with Gasteiger partial charge in [-0.1, -0.05) is 18.2 Å². The van der Waals surface area contributed by atoms with Gasteiger partial charge in [0.25, 0.3) is 5.91 Å². The zero-order chi connectivity index (χ0) is 15.2. The van der Waals surface area contributed by atoms with Gasteiger partial charge in [0.2, 0.25) is 0 Å². The number of carbonyl (C=O) groups excluding carboxylic acids is 1. The number of nitrogens with one attached hydrogen (secondary N) is 2. The van der Waals surface area contributed by atoms with E-state index < -0.39 is 18.5 Å². The SMILES string of the molecule is CN/C(CCC(F)(F)F)=C(/N)C(=O)Nc1ccccc1. The Labute approximate surface area is 114 Å². The third-order valence-electron chi connectivity index (χ3n) is 2.56. The molecule has 0 bridgehead atoms. The molecule has 0 radical (unpaired) electrons. The van der Waals surface area contributed by atoms with E-state index in [4.69, 9.17) is 5.73 Å². The molecule has 0 aliphatic heterocycles. The Hall–Kier alpha value is -2.18. The molecule has 0 saturated heterocycles. The average Bonchev–Trinajstić information content (AvgIpc) is 2.39. The minimum Gasteiger partial charge on any atom is -0.393 e. The van der Waals surface area contributed by atoms with Crippen molar-refractivity contribution < 1.29 is 18.0 Å². The lowest BCUT2D eigenvalue weighted by Crippen LogP contribution is -2.26. The third kappa shape index (κ3) is 5.21. The van der Waals surface area contributed by atoms with Crippen molar-refractivity contribution in [3.05, 3.63) is 41.7 Å². The number of para-hydroxylation sites is 1. The normalized spacial score (nSPS) is 12.6. The van der Waals surface area contributed by atoms with E-state index in [1.807, 2.05) is 0 Å². The maximum absolute atomic E-state index is 12.2. The number of alkyl halides is 3. The first-order valence-corrected chi connectivity index (χ1v) is 5.93. The Morgan fingerprint density at radius 1 is 1.25 bits per heavy atom. The van der Waals surface area contributed by atoms with Gasteiger partial charge in [-0.2, -0.15) is 13.2 Å². The summed E-state index contributed by atoms with van der Waals surface area (Å²) in [7, 11) is 1.42.